The average Bonchev–Trinajstić information content (AvgIpc) is 3.24. The molecule has 0 aliphatic carbocycles. The van der Waals surface area contributed by atoms with Crippen molar-refractivity contribution in [1.82, 2.24) is 10.2 Å². The number of carbonyl (C=O) groups excluding carboxylic acids is 2. The Morgan fingerprint density at radius 1 is 1.15 bits per heavy atom. The second-order valence-electron chi connectivity index (χ2n) is 8.22. The van der Waals surface area contributed by atoms with Crippen LogP contribution in [0.2, 0.25) is 0 Å². The Balaban J connectivity index is 0.00000210. The van der Waals surface area contributed by atoms with Gasteiger partial charge in [0.25, 0.3) is 5.91 Å². The van der Waals surface area contributed by atoms with Gasteiger partial charge in [-0.25, -0.2) is 0 Å². The van der Waals surface area contributed by atoms with Crippen molar-refractivity contribution in [1.29, 1.82) is 0 Å². The number of amides is 2. The van der Waals surface area contributed by atoms with Crippen LogP contribution in [0, 0.1) is 12.8 Å². The first kappa shape index (κ1) is 20.2. The minimum atomic E-state index is 0. The van der Waals surface area contributed by atoms with E-state index >= 15 is 0 Å². The van der Waals surface area contributed by atoms with Crippen LogP contribution in [0.15, 0.2) is 18.2 Å². The summed E-state index contributed by atoms with van der Waals surface area (Å²) in [5, 5.41) is 6.67. The van der Waals surface area contributed by atoms with Crippen molar-refractivity contribution in [2.24, 2.45) is 5.92 Å². The normalized spacial score (nSPS) is 26.6. The summed E-state index contributed by atoms with van der Waals surface area (Å²) in [5.41, 5.74) is 2.26. The van der Waals surface area contributed by atoms with Crippen molar-refractivity contribution >= 4 is 29.9 Å². The Hall–Kier alpha value is -1.59. The number of anilines is 1. The standard InChI is InChI=1S/C21H29N3O2.ClH/c1-14-5-4-6-18(20(14)21(26)24-9-2-3-10-24)23-19(25)13-15-11-16-7-8-17(12-15)22-16;/h4-6,15-17,22H,2-3,7-13H2,1H3,(H,23,25);1H. The largest absolute Gasteiger partial charge is 0.339 e. The molecule has 4 rings (SSSR count). The molecule has 2 atom stereocenters. The van der Waals surface area contributed by atoms with E-state index in [4.69, 9.17) is 0 Å². The number of rotatable bonds is 4. The van der Waals surface area contributed by atoms with Crippen LogP contribution >= 0.6 is 12.4 Å². The number of aryl methyl sites for hydroxylation is 1. The molecular formula is C21H30ClN3O2. The lowest BCUT2D eigenvalue weighted by atomic mass is 9.89. The second kappa shape index (κ2) is 8.61. The number of benzene rings is 1. The predicted molar refractivity (Wildman–Crippen MR) is 109 cm³/mol. The fraction of sp³-hybridized carbons (Fsp3) is 0.619. The Kier molecular flexibility index (Phi) is 6.43. The second-order valence-corrected chi connectivity index (χ2v) is 8.22. The van der Waals surface area contributed by atoms with E-state index in [2.05, 4.69) is 10.6 Å². The van der Waals surface area contributed by atoms with Gasteiger partial charge < -0.3 is 15.5 Å². The third-order valence-electron chi connectivity index (χ3n) is 6.20. The van der Waals surface area contributed by atoms with Gasteiger partial charge in [-0.1, -0.05) is 12.1 Å². The van der Waals surface area contributed by atoms with Gasteiger partial charge in [0, 0.05) is 31.6 Å². The molecule has 3 aliphatic rings. The fourth-order valence-corrected chi connectivity index (χ4v) is 4.94. The number of halogens is 1. The monoisotopic (exact) mass is 391 g/mol. The number of piperidine rings is 1. The summed E-state index contributed by atoms with van der Waals surface area (Å²) in [6.45, 7) is 3.58. The van der Waals surface area contributed by atoms with Crippen molar-refractivity contribution in [3.63, 3.8) is 0 Å². The summed E-state index contributed by atoms with van der Waals surface area (Å²) in [7, 11) is 0. The van der Waals surface area contributed by atoms with Gasteiger partial charge >= 0.3 is 0 Å². The Labute approximate surface area is 167 Å². The maximum Gasteiger partial charge on any atom is 0.256 e. The minimum absolute atomic E-state index is 0. The molecule has 0 radical (unpaired) electrons. The highest BCUT2D eigenvalue weighted by molar-refractivity contribution is 6.05. The van der Waals surface area contributed by atoms with E-state index in [1.165, 1.54) is 12.8 Å². The number of carbonyl (C=O) groups is 2. The summed E-state index contributed by atoms with van der Waals surface area (Å²) in [6, 6.07) is 6.91. The topological polar surface area (TPSA) is 61.4 Å². The molecule has 148 valence electrons. The van der Waals surface area contributed by atoms with Gasteiger partial charge in [-0.05, 0) is 63.0 Å². The molecule has 0 saturated carbocycles. The summed E-state index contributed by atoms with van der Waals surface area (Å²) in [4.78, 5) is 27.5. The molecule has 2 bridgehead atoms. The van der Waals surface area contributed by atoms with E-state index in [0.717, 1.165) is 44.3 Å². The maximum absolute atomic E-state index is 12.9. The molecule has 6 heteroatoms. The average molecular weight is 392 g/mol. The highest BCUT2D eigenvalue weighted by Crippen LogP contribution is 2.33. The van der Waals surface area contributed by atoms with E-state index in [-0.39, 0.29) is 24.2 Å². The van der Waals surface area contributed by atoms with E-state index in [9.17, 15) is 9.59 Å². The summed E-state index contributed by atoms with van der Waals surface area (Å²) in [6.07, 6.45) is 7.37. The van der Waals surface area contributed by atoms with E-state index in [0.29, 0.717) is 35.7 Å². The zero-order valence-corrected chi connectivity index (χ0v) is 16.8. The van der Waals surface area contributed by atoms with Crippen LogP contribution in [0.1, 0.15) is 60.9 Å². The van der Waals surface area contributed by atoms with Crippen molar-refractivity contribution in [3.05, 3.63) is 29.3 Å². The van der Waals surface area contributed by atoms with Gasteiger partial charge in [0.2, 0.25) is 5.91 Å². The van der Waals surface area contributed by atoms with Gasteiger partial charge in [0.15, 0.2) is 0 Å². The Morgan fingerprint density at radius 2 is 1.81 bits per heavy atom. The van der Waals surface area contributed by atoms with Gasteiger partial charge in [0.05, 0.1) is 11.3 Å². The van der Waals surface area contributed by atoms with Gasteiger partial charge in [0.1, 0.15) is 0 Å². The van der Waals surface area contributed by atoms with E-state index in [1.54, 1.807) is 0 Å². The molecule has 1 aromatic carbocycles. The molecule has 2 unspecified atom stereocenters. The summed E-state index contributed by atoms with van der Waals surface area (Å²) >= 11 is 0. The van der Waals surface area contributed by atoms with Crippen LogP contribution in [-0.2, 0) is 4.79 Å². The van der Waals surface area contributed by atoms with Crippen LogP contribution in [0.4, 0.5) is 5.69 Å². The van der Waals surface area contributed by atoms with E-state index in [1.807, 2.05) is 30.0 Å². The fourth-order valence-electron chi connectivity index (χ4n) is 4.94. The third kappa shape index (κ3) is 4.46. The Bertz CT molecular complexity index is 691. The van der Waals surface area contributed by atoms with Gasteiger partial charge in [-0.2, -0.15) is 0 Å². The summed E-state index contributed by atoms with van der Waals surface area (Å²) < 4.78 is 0. The first-order valence-corrected chi connectivity index (χ1v) is 10.0. The number of fused-ring (bicyclic) bond motifs is 2. The van der Waals surface area contributed by atoms with Crippen molar-refractivity contribution in [2.45, 2.75) is 64.0 Å². The molecule has 3 saturated heterocycles. The maximum atomic E-state index is 12.9. The molecule has 0 aromatic heterocycles. The molecule has 2 amide bonds. The smallest absolute Gasteiger partial charge is 0.256 e. The highest BCUT2D eigenvalue weighted by atomic mass is 35.5. The number of hydrogen-bond acceptors (Lipinski definition) is 3. The number of likely N-dealkylation sites (tertiary alicyclic amines) is 1. The molecule has 2 N–H and O–H groups in total. The van der Waals surface area contributed by atoms with Crippen LogP contribution in [0.5, 0.6) is 0 Å². The Morgan fingerprint density at radius 3 is 2.48 bits per heavy atom. The lowest BCUT2D eigenvalue weighted by Crippen LogP contribution is -2.39. The zero-order chi connectivity index (χ0) is 18.1. The number of nitrogens with one attached hydrogen (secondary N) is 2. The molecular weight excluding hydrogens is 362 g/mol. The van der Waals surface area contributed by atoms with Crippen molar-refractivity contribution < 1.29 is 9.59 Å². The molecule has 0 spiro atoms. The molecule has 5 nitrogen and oxygen atoms in total. The number of hydrogen-bond donors (Lipinski definition) is 2. The first-order valence-electron chi connectivity index (χ1n) is 10.0. The third-order valence-corrected chi connectivity index (χ3v) is 6.20. The summed E-state index contributed by atoms with van der Waals surface area (Å²) in [5.74, 6) is 0.546. The molecule has 3 heterocycles. The van der Waals surface area contributed by atoms with E-state index < -0.39 is 0 Å². The minimum Gasteiger partial charge on any atom is -0.339 e. The van der Waals surface area contributed by atoms with Crippen molar-refractivity contribution in [2.75, 3.05) is 18.4 Å². The van der Waals surface area contributed by atoms with Crippen molar-refractivity contribution in [3.8, 4) is 0 Å². The molecule has 3 fully saturated rings. The van der Waals surface area contributed by atoms with Crippen LogP contribution < -0.4 is 10.6 Å². The van der Waals surface area contributed by atoms with Crippen LogP contribution in [0.25, 0.3) is 0 Å². The molecule has 27 heavy (non-hydrogen) atoms. The van der Waals surface area contributed by atoms with Gasteiger partial charge in [-0.15, -0.1) is 12.4 Å². The lowest BCUT2D eigenvalue weighted by molar-refractivity contribution is -0.117. The SMILES string of the molecule is Cc1cccc(NC(=O)CC2CC3CCC(C2)N3)c1C(=O)N1CCCC1.Cl. The lowest BCUT2D eigenvalue weighted by Gasteiger charge is -2.28. The highest BCUT2D eigenvalue weighted by Gasteiger charge is 2.34. The zero-order valence-electron chi connectivity index (χ0n) is 16.0. The number of nitrogens with zero attached hydrogens (tertiary/aromatic N) is 1. The molecule has 3 aliphatic heterocycles. The van der Waals surface area contributed by atoms with Gasteiger partial charge in [-0.3, -0.25) is 9.59 Å². The van der Waals surface area contributed by atoms with Crippen LogP contribution in [-0.4, -0.2) is 41.9 Å². The quantitative estimate of drug-likeness (QED) is 0.825. The van der Waals surface area contributed by atoms with Crippen LogP contribution in [0.3, 0.4) is 0 Å². The predicted octanol–water partition coefficient (Wildman–Crippen LogP) is 3.51. The first-order chi connectivity index (χ1) is 12.6. The molecule has 1 aromatic rings.